The topological polar surface area (TPSA) is 151 Å². The van der Waals surface area contributed by atoms with Gasteiger partial charge in [-0.1, -0.05) is 12.1 Å². The van der Waals surface area contributed by atoms with Crippen LogP contribution in [-0.2, 0) is 22.5 Å². The van der Waals surface area contributed by atoms with Crippen LogP contribution in [0.15, 0.2) is 42.9 Å². The zero-order valence-electron chi connectivity index (χ0n) is 15.1. The van der Waals surface area contributed by atoms with Crippen molar-refractivity contribution in [2.45, 2.75) is 13.0 Å². The van der Waals surface area contributed by atoms with Gasteiger partial charge in [0.25, 0.3) is 0 Å². The quantitative estimate of drug-likeness (QED) is 0.514. The lowest BCUT2D eigenvalue weighted by Crippen LogP contribution is -2.08. The third kappa shape index (κ3) is 5.04. The summed E-state index contributed by atoms with van der Waals surface area (Å²) in [7, 11) is 1.36. The number of methoxy groups -OCH3 is 1. The Bertz CT molecular complexity index is 964. The number of esters is 1. The molecule has 3 rings (SSSR count). The van der Waals surface area contributed by atoms with E-state index in [4.69, 9.17) is 16.2 Å². The fourth-order valence-corrected chi connectivity index (χ4v) is 2.28. The van der Waals surface area contributed by atoms with Crippen LogP contribution in [0.3, 0.4) is 0 Å². The van der Waals surface area contributed by atoms with Gasteiger partial charge in [-0.05, 0) is 17.7 Å². The van der Waals surface area contributed by atoms with E-state index >= 15 is 0 Å². The van der Waals surface area contributed by atoms with Crippen LogP contribution in [-0.4, -0.2) is 33.0 Å². The summed E-state index contributed by atoms with van der Waals surface area (Å²) in [5.74, 6) is 1.61. The first-order valence-electron chi connectivity index (χ1n) is 8.30. The van der Waals surface area contributed by atoms with Crippen LogP contribution >= 0.6 is 0 Å². The number of carbonyl (C=O) groups is 1. The zero-order valence-corrected chi connectivity index (χ0v) is 15.1. The SMILES string of the molecule is COC(=O)Cc1ccc(Oc2cc(NCc3cnc(N)nc3N)ncn2)cc1. The molecule has 10 heteroatoms. The Morgan fingerprint density at radius 1 is 1.14 bits per heavy atom. The van der Waals surface area contributed by atoms with Crippen molar-refractivity contribution in [1.82, 2.24) is 19.9 Å². The minimum absolute atomic E-state index is 0.122. The second-order valence-corrected chi connectivity index (χ2v) is 5.73. The molecule has 144 valence electrons. The number of nitrogens with two attached hydrogens (primary N) is 2. The maximum absolute atomic E-state index is 11.3. The Labute approximate surface area is 161 Å². The van der Waals surface area contributed by atoms with Gasteiger partial charge in [-0.2, -0.15) is 4.98 Å². The van der Waals surface area contributed by atoms with Crippen LogP contribution in [0.25, 0.3) is 0 Å². The molecule has 28 heavy (non-hydrogen) atoms. The van der Waals surface area contributed by atoms with Gasteiger partial charge in [0.2, 0.25) is 11.8 Å². The number of hydrogen-bond acceptors (Lipinski definition) is 10. The predicted octanol–water partition coefficient (Wildman–Crippen LogP) is 1.55. The van der Waals surface area contributed by atoms with Crippen molar-refractivity contribution in [1.29, 1.82) is 0 Å². The highest BCUT2D eigenvalue weighted by atomic mass is 16.5. The molecule has 2 aromatic heterocycles. The van der Waals surface area contributed by atoms with Gasteiger partial charge < -0.3 is 26.3 Å². The zero-order chi connectivity index (χ0) is 19.9. The van der Waals surface area contributed by atoms with Crippen LogP contribution in [0.2, 0.25) is 0 Å². The first kappa shape index (κ1) is 18.8. The Morgan fingerprint density at radius 2 is 1.93 bits per heavy atom. The van der Waals surface area contributed by atoms with Gasteiger partial charge in [0.05, 0.1) is 13.5 Å². The minimum Gasteiger partial charge on any atom is -0.469 e. The standard InChI is InChI=1S/C18H19N7O3/c1-27-16(26)6-11-2-4-13(5-3-11)28-15-7-14(23-10-24-15)21-8-12-9-22-18(20)25-17(12)19/h2-5,7,9-10H,6,8H2,1H3,(H,21,23,24)(H4,19,20,22,25). The Kier molecular flexibility index (Phi) is 5.80. The van der Waals surface area contributed by atoms with Crippen molar-refractivity contribution in [3.63, 3.8) is 0 Å². The first-order valence-corrected chi connectivity index (χ1v) is 8.30. The molecule has 0 saturated heterocycles. The molecule has 2 heterocycles. The van der Waals surface area contributed by atoms with Gasteiger partial charge in [0.15, 0.2) is 0 Å². The van der Waals surface area contributed by atoms with Crippen molar-refractivity contribution in [2.24, 2.45) is 0 Å². The minimum atomic E-state index is -0.299. The third-order valence-corrected chi connectivity index (χ3v) is 3.74. The van der Waals surface area contributed by atoms with Gasteiger partial charge in [0, 0.05) is 24.4 Å². The fourth-order valence-electron chi connectivity index (χ4n) is 2.28. The van der Waals surface area contributed by atoms with E-state index in [1.165, 1.54) is 13.4 Å². The van der Waals surface area contributed by atoms with Gasteiger partial charge in [-0.3, -0.25) is 4.79 Å². The van der Waals surface area contributed by atoms with Crippen molar-refractivity contribution >= 4 is 23.6 Å². The second kappa shape index (κ2) is 8.62. The van der Waals surface area contributed by atoms with E-state index in [0.29, 0.717) is 35.4 Å². The van der Waals surface area contributed by atoms with Crippen molar-refractivity contribution in [3.05, 3.63) is 54.0 Å². The van der Waals surface area contributed by atoms with Gasteiger partial charge in [-0.25, -0.2) is 15.0 Å². The number of benzene rings is 1. The van der Waals surface area contributed by atoms with E-state index in [1.54, 1.807) is 36.5 Å². The Hall–Kier alpha value is -3.95. The van der Waals surface area contributed by atoms with E-state index in [-0.39, 0.29) is 18.3 Å². The fraction of sp³-hybridized carbons (Fsp3) is 0.167. The predicted molar refractivity (Wildman–Crippen MR) is 102 cm³/mol. The maximum atomic E-state index is 11.3. The van der Waals surface area contributed by atoms with E-state index in [0.717, 1.165) is 5.56 Å². The molecule has 10 nitrogen and oxygen atoms in total. The summed E-state index contributed by atoms with van der Waals surface area (Å²) in [6, 6.07) is 8.73. The molecular weight excluding hydrogens is 362 g/mol. The molecule has 0 unspecified atom stereocenters. The van der Waals surface area contributed by atoms with Gasteiger partial charge >= 0.3 is 5.97 Å². The summed E-state index contributed by atoms with van der Waals surface area (Å²) >= 11 is 0. The maximum Gasteiger partial charge on any atom is 0.309 e. The molecule has 0 radical (unpaired) electrons. The highest BCUT2D eigenvalue weighted by Gasteiger charge is 2.06. The van der Waals surface area contributed by atoms with Crippen LogP contribution in [0.5, 0.6) is 11.6 Å². The van der Waals surface area contributed by atoms with E-state index in [2.05, 4.69) is 30.0 Å². The summed E-state index contributed by atoms with van der Waals surface area (Å²) in [5, 5.41) is 3.10. The molecule has 1 aromatic carbocycles. The summed E-state index contributed by atoms with van der Waals surface area (Å²) in [6.45, 7) is 0.366. The van der Waals surface area contributed by atoms with E-state index in [9.17, 15) is 4.79 Å². The molecule has 5 N–H and O–H groups in total. The van der Waals surface area contributed by atoms with Crippen LogP contribution in [0, 0.1) is 0 Å². The molecule has 0 spiro atoms. The first-order chi connectivity index (χ1) is 13.5. The van der Waals surface area contributed by atoms with Crippen LogP contribution in [0.1, 0.15) is 11.1 Å². The average molecular weight is 381 g/mol. The average Bonchev–Trinajstić information content (AvgIpc) is 2.69. The number of aromatic nitrogens is 4. The Morgan fingerprint density at radius 3 is 2.64 bits per heavy atom. The van der Waals surface area contributed by atoms with Crippen LogP contribution < -0.4 is 21.5 Å². The molecule has 0 aliphatic carbocycles. The summed E-state index contributed by atoms with van der Waals surface area (Å²) in [4.78, 5) is 27.4. The van der Waals surface area contributed by atoms with Crippen molar-refractivity contribution in [2.75, 3.05) is 23.9 Å². The number of carbonyl (C=O) groups excluding carboxylic acids is 1. The normalized spacial score (nSPS) is 10.3. The second-order valence-electron chi connectivity index (χ2n) is 5.73. The molecule has 3 aromatic rings. The summed E-state index contributed by atoms with van der Waals surface area (Å²) < 4.78 is 10.4. The molecule has 0 fully saturated rings. The molecule has 0 saturated carbocycles. The molecular formula is C18H19N7O3. The van der Waals surface area contributed by atoms with E-state index < -0.39 is 0 Å². The molecule has 0 aliphatic rings. The number of ether oxygens (including phenoxy) is 2. The number of anilines is 3. The molecule has 0 aliphatic heterocycles. The van der Waals surface area contributed by atoms with Crippen molar-refractivity contribution in [3.8, 4) is 11.6 Å². The van der Waals surface area contributed by atoms with Crippen LogP contribution in [0.4, 0.5) is 17.6 Å². The monoisotopic (exact) mass is 381 g/mol. The number of nitrogen functional groups attached to an aromatic ring is 2. The van der Waals surface area contributed by atoms with E-state index in [1.807, 2.05) is 0 Å². The lowest BCUT2D eigenvalue weighted by atomic mass is 10.1. The smallest absolute Gasteiger partial charge is 0.309 e. The molecule has 0 amide bonds. The summed E-state index contributed by atoms with van der Waals surface area (Å²) in [6.07, 6.45) is 3.14. The number of nitrogens with zero attached hydrogens (tertiary/aromatic N) is 4. The number of rotatable bonds is 7. The highest BCUT2D eigenvalue weighted by Crippen LogP contribution is 2.22. The summed E-state index contributed by atoms with van der Waals surface area (Å²) in [5.41, 5.74) is 12.8. The van der Waals surface area contributed by atoms with Gasteiger partial charge in [-0.15, -0.1) is 0 Å². The lowest BCUT2D eigenvalue weighted by Gasteiger charge is -2.09. The molecule has 0 atom stereocenters. The largest absolute Gasteiger partial charge is 0.469 e. The Balaban J connectivity index is 1.62. The number of nitrogens with one attached hydrogen (secondary N) is 1. The van der Waals surface area contributed by atoms with Gasteiger partial charge in [0.1, 0.15) is 23.7 Å². The third-order valence-electron chi connectivity index (χ3n) is 3.74. The molecule has 0 bridgehead atoms. The number of hydrogen-bond donors (Lipinski definition) is 3. The highest BCUT2D eigenvalue weighted by molar-refractivity contribution is 5.72. The van der Waals surface area contributed by atoms with Crippen molar-refractivity contribution < 1.29 is 14.3 Å². The lowest BCUT2D eigenvalue weighted by molar-refractivity contribution is -0.139.